The first kappa shape index (κ1) is 15.5. The van der Waals surface area contributed by atoms with Gasteiger partial charge < -0.3 is 9.64 Å². The Balaban J connectivity index is 1.53. The van der Waals surface area contributed by atoms with E-state index < -0.39 is 0 Å². The lowest BCUT2D eigenvalue weighted by Crippen LogP contribution is -2.40. The minimum absolute atomic E-state index is 0.140. The zero-order valence-electron chi connectivity index (χ0n) is 13.3. The Morgan fingerprint density at radius 1 is 1.25 bits per heavy atom. The van der Waals surface area contributed by atoms with Crippen molar-refractivity contribution in [3.8, 4) is 5.75 Å². The number of halogens is 1. The van der Waals surface area contributed by atoms with Crippen molar-refractivity contribution in [3.05, 3.63) is 58.9 Å². The minimum atomic E-state index is -0.140. The van der Waals surface area contributed by atoms with Crippen LogP contribution in [0.15, 0.2) is 42.7 Å². The molecule has 2 aliphatic rings. The highest BCUT2D eigenvalue weighted by molar-refractivity contribution is 6.30. The molecule has 5 heteroatoms. The van der Waals surface area contributed by atoms with Crippen molar-refractivity contribution in [2.75, 3.05) is 13.2 Å². The van der Waals surface area contributed by atoms with Crippen LogP contribution in [0.3, 0.4) is 0 Å². The lowest BCUT2D eigenvalue weighted by Gasteiger charge is -2.31. The Morgan fingerprint density at radius 3 is 2.92 bits per heavy atom. The van der Waals surface area contributed by atoms with E-state index in [1.54, 1.807) is 12.4 Å². The Hall–Kier alpha value is -2.07. The van der Waals surface area contributed by atoms with Gasteiger partial charge in [-0.2, -0.15) is 0 Å². The van der Waals surface area contributed by atoms with E-state index in [0.717, 1.165) is 36.3 Å². The van der Waals surface area contributed by atoms with Gasteiger partial charge in [0.05, 0.1) is 12.0 Å². The first-order valence-electron chi connectivity index (χ1n) is 8.34. The molecule has 2 atom stereocenters. The van der Waals surface area contributed by atoms with E-state index in [1.165, 1.54) is 0 Å². The number of carbonyl (C=O) groups is 1. The molecule has 2 unspecified atom stereocenters. The second kappa shape index (κ2) is 6.44. The summed E-state index contributed by atoms with van der Waals surface area (Å²) in [7, 11) is 0. The molecule has 3 heterocycles. The fourth-order valence-electron chi connectivity index (χ4n) is 3.72. The maximum absolute atomic E-state index is 13.1. The second-order valence-electron chi connectivity index (χ2n) is 6.43. The lowest BCUT2D eigenvalue weighted by atomic mass is 9.94. The summed E-state index contributed by atoms with van der Waals surface area (Å²) in [6, 6.07) is 9.77. The van der Waals surface area contributed by atoms with E-state index in [1.807, 2.05) is 35.2 Å². The van der Waals surface area contributed by atoms with Gasteiger partial charge >= 0.3 is 0 Å². The van der Waals surface area contributed by atoms with E-state index >= 15 is 0 Å². The molecule has 0 N–H and O–H groups in total. The lowest BCUT2D eigenvalue weighted by molar-refractivity contribution is -0.137. The van der Waals surface area contributed by atoms with E-state index in [4.69, 9.17) is 16.3 Å². The third-order valence-corrected chi connectivity index (χ3v) is 5.14. The standard InChI is InChI=1S/C19H19ClN2O2/c20-16-3-4-18-14(11-16)10-15(12-24-18)19(23)22-9-1-2-17(22)13-5-7-21-8-6-13/h3-8,11,15,17H,1-2,9-10,12H2. The summed E-state index contributed by atoms with van der Waals surface area (Å²) in [5.74, 6) is 0.883. The molecule has 0 aliphatic carbocycles. The molecule has 1 aromatic heterocycles. The van der Waals surface area contributed by atoms with Crippen LogP contribution in [0.1, 0.15) is 30.0 Å². The van der Waals surface area contributed by atoms with Crippen LogP contribution in [0.4, 0.5) is 0 Å². The zero-order valence-corrected chi connectivity index (χ0v) is 14.1. The van der Waals surface area contributed by atoms with Crippen LogP contribution in [-0.4, -0.2) is 28.9 Å². The molecular formula is C19H19ClN2O2. The number of rotatable bonds is 2. The van der Waals surface area contributed by atoms with Crippen LogP contribution in [0.5, 0.6) is 5.75 Å². The molecule has 4 rings (SSSR count). The maximum Gasteiger partial charge on any atom is 0.229 e. The van der Waals surface area contributed by atoms with Crippen molar-refractivity contribution in [2.45, 2.75) is 25.3 Å². The topological polar surface area (TPSA) is 42.4 Å². The average Bonchev–Trinajstić information content (AvgIpc) is 3.11. The summed E-state index contributed by atoms with van der Waals surface area (Å²) in [6.07, 6.45) is 6.31. The number of pyridine rings is 1. The first-order valence-corrected chi connectivity index (χ1v) is 8.72. The molecule has 1 fully saturated rings. The number of amides is 1. The highest BCUT2D eigenvalue weighted by Crippen LogP contribution is 2.35. The predicted molar refractivity (Wildman–Crippen MR) is 92.1 cm³/mol. The number of likely N-dealkylation sites (tertiary alicyclic amines) is 1. The largest absolute Gasteiger partial charge is 0.492 e. The van der Waals surface area contributed by atoms with Crippen molar-refractivity contribution in [3.63, 3.8) is 0 Å². The van der Waals surface area contributed by atoms with Crippen LogP contribution >= 0.6 is 11.6 Å². The number of hydrogen-bond donors (Lipinski definition) is 0. The van der Waals surface area contributed by atoms with E-state index in [-0.39, 0.29) is 17.9 Å². The van der Waals surface area contributed by atoms with Crippen LogP contribution in [0.25, 0.3) is 0 Å². The summed E-state index contributed by atoms with van der Waals surface area (Å²) in [4.78, 5) is 19.2. The van der Waals surface area contributed by atoms with Crippen molar-refractivity contribution in [1.29, 1.82) is 0 Å². The number of nitrogens with zero attached hydrogens (tertiary/aromatic N) is 2. The van der Waals surface area contributed by atoms with Gasteiger partial charge in [-0.3, -0.25) is 9.78 Å². The van der Waals surface area contributed by atoms with E-state index in [0.29, 0.717) is 18.1 Å². The van der Waals surface area contributed by atoms with Gasteiger partial charge in [0.2, 0.25) is 5.91 Å². The summed E-state index contributed by atoms with van der Waals surface area (Å²) < 4.78 is 5.80. The summed E-state index contributed by atoms with van der Waals surface area (Å²) in [5, 5.41) is 0.682. The molecule has 0 spiro atoms. The number of aromatic nitrogens is 1. The summed E-state index contributed by atoms with van der Waals surface area (Å²) in [6.45, 7) is 1.25. The van der Waals surface area contributed by atoms with Gasteiger partial charge in [-0.05, 0) is 60.7 Å². The van der Waals surface area contributed by atoms with Crippen molar-refractivity contribution in [1.82, 2.24) is 9.88 Å². The molecule has 4 nitrogen and oxygen atoms in total. The Bertz CT molecular complexity index is 750. The fourth-order valence-corrected chi connectivity index (χ4v) is 3.91. The predicted octanol–water partition coefficient (Wildman–Crippen LogP) is 3.65. The zero-order chi connectivity index (χ0) is 16.5. The van der Waals surface area contributed by atoms with Crippen LogP contribution in [-0.2, 0) is 11.2 Å². The Kier molecular flexibility index (Phi) is 4.15. The van der Waals surface area contributed by atoms with Gasteiger partial charge in [0.25, 0.3) is 0 Å². The van der Waals surface area contributed by atoms with Crippen LogP contribution < -0.4 is 4.74 Å². The van der Waals surface area contributed by atoms with Crippen LogP contribution in [0.2, 0.25) is 5.02 Å². The Labute approximate surface area is 146 Å². The highest BCUT2D eigenvalue weighted by atomic mass is 35.5. The maximum atomic E-state index is 13.1. The van der Waals surface area contributed by atoms with Gasteiger partial charge in [-0.25, -0.2) is 0 Å². The van der Waals surface area contributed by atoms with Gasteiger partial charge in [-0.1, -0.05) is 11.6 Å². The smallest absolute Gasteiger partial charge is 0.229 e. The van der Waals surface area contributed by atoms with Crippen LogP contribution in [0, 0.1) is 5.92 Å². The average molecular weight is 343 g/mol. The second-order valence-corrected chi connectivity index (χ2v) is 6.87. The number of hydrogen-bond acceptors (Lipinski definition) is 3. The van der Waals surface area contributed by atoms with Gasteiger partial charge in [-0.15, -0.1) is 0 Å². The van der Waals surface area contributed by atoms with E-state index in [2.05, 4.69) is 4.98 Å². The molecule has 0 saturated carbocycles. The molecule has 2 aromatic rings. The van der Waals surface area contributed by atoms with E-state index in [9.17, 15) is 4.79 Å². The monoisotopic (exact) mass is 342 g/mol. The summed E-state index contributed by atoms with van der Waals surface area (Å²) in [5.41, 5.74) is 2.18. The molecule has 2 aliphatic heterocycles. The molecule has 1 saturated heterocycles. The normalized spacial score (nSPS) is 22.8. The molecule has 0 bridgehead atoms. The summed E-state index contributed by atoms with van der Waals surface area (Å²) >= 11 is 6.08. The minimum Gasteiger partial charge on any atom is -0.492 e. The number of fused-ring (bicyclic) bond motifs is 1. The first-order chi connectivity index (χ1) is 11.7. The van der Waals surface area contributed by atoms with Crippen molar-refractivity contribution >= 4 is 17.5 Å². The third-order valence-electron chi connectivity index (χ3n) is 4.90. The number of benzene rings is 1. The molecule has 1 aromatic carbocycles. The van der Waals surface area contributed by atoms with Gasteiger partial charge in [0, 0.05) is 24.0 Å². The highest BCUT2D eigenvalue weighted by Gasteiger charge is 2.36. The quantitative estimate of drug-likeness (QED) is 0.836. The van der Waals surface area contributed by atoms with Crippen molar-refractivity contribution in [2.24, 2.45) is 5.92 Å². The molecule has 124 valence electrons. The number of carbonyl (C=O) groups excluding carboxylic acids is 1. The molecule has 0 radical (unpaired) electrons. The molecule has 24 heavy (non-hydrogen) atoms. The SMILES string of the molecule is O=C(C1COc2ccc(Cl)cc2C1)N1CCCC1c1ccncc1. The molecular weight excluding hydrogens is 324 g/mol. The third kappa shape index (κ3) is 2.86. The fraction of sp³-hybridized carbons (Fsp3) is 0.368. The van der Waals surface area contributed by atoms with Gasteiger partial charge in [0.1, 0.15) is 12.4 Å². The van der Waals surface area contributed by atoms with Crippen molar-refractivity contribution < 1.29 is 9.53 Å². The Morgan fingerprint density at radius 2 is 2.08 bits per heavy atom. The number of ether oxygens (including phenoxy) is 1. The molecule has 1 amide bonds. The van der Waals surface area contributed by atoms with Gasteiger partial charge in [0.15, 0.2) is 0 Å².